The summed E-state index contributed by atoms with van der Waals surface area (Å²) in [7, 11) is 0. The van der Waals surface area contributed by atoms with Gasteiger partial charge in [0.2, 0.25) is 0 Å². The third kappa shape index (κ3) is 4.86. The maximum Gasteiger partial charge on any atom is 0.269 e. The van der Waals surface area contributed by atoms with Crippen LogP contribution in [-0.4, -0.2) is 10.0 Å². The molecule has 0 atom stereocenters. The molecule has 2 N–H and O–H groups in total. The van der Waals surface area contributed by atoms with Crippen LogP contribution in [0.3, 0.4) is 0 Å². The van der Waals surface area contributed by atoms with Crippen molar-refractivity contribution < 1.29 is 98.2 Å². The van der Waals surface area contributed by atoms with Crippen molar-refractivity contribution in [3.05, 3.63) is 39.6 Å². The van der Waals surface area contributed by atoms with Crippen molar-refractivity contribution >= 4 is 11.4 Å². The van der Waals surface area contributed by atoms with E-state index < -0.39 is 4.92 Å². The number of aliphatic hydroxyl groups is 1. The Morgan fingerprint density at radius 1 is 1.43 bits per heavy atom. The van der Waals surface area contributed by atoms with Gasteiger partial charge in [0.1, 0.15) is 0 Å². The number of nitro groups is 1. The number of hydrogen-bond donors (Lipinski definition) is 1. The van der Waals surface area contributed by atoms with E-state index in [-0.39, 0.29) is 112 Å². The summed E-state index contributed by atoms with van der Waals surface area (Å²) in [5.74, 6) is 0. The Balaban J connectivity index is 0. The topological polar surface area (TPSA) is 87.2 Å². The van der Waals surface area contributed by atoms with Gasteiger partial charge in [-0.25, -0.2) is 0 Å². The molecular weight excluding hydrogens is 614 g/mol. The van der Waals surface area contributed by atoms with E-state index in [0.29, 0.717) is 0 Å². The van der Waals surface area contributed by atoms with E-state index >= 15 is 0 Å². The van der Waals surface area contributed by atoms with E-state index in [1.54, 1.807) is 0 Å². The van der Waals surface area contributed by atoms with Crippen LogP contribution < -0.4 is 0 Å². The quantitative estimate of drug-likeness (QED) is 0.404. The molecule has 0 saturated heterocycles. The number of aliphatic hydroxyl groups excluding tert-OH is 1. The van der Waals surface area contributed by atoms with Crippen LogP contribution in [0.2, 0.25) is 0 Å². The van der Waals surface area contributed by atoms with Crippen molar-refractivity contribution in [3.8, 4) is 0 Å². The summed E-state index contributed by atoms with van der Waals surface area (Å²) in [5.41, 5.74) is 7.51. The third-order valence-corrected chi connectivity index (χ3v) is 1.47. The Morgan fingerprint density at radius 2 is 2.00 bits per heavy atom. The number of hydrogen-bond acceptors (Lipinski definition) is 3. The summed E-state index contributed by atoms with van der Waals surface area (Å²) in [6.45, 7) is -0.347. The second-order valence-corrected chi connectivity index (χ2v) is 2.26. The first kappa shape index (κ1) is 17.7. The summed E-state index contributed by atoms with van der Waals surface area (Å²) in [5, 5.41) is 18.9. The molecule has 1 rings (SSSR count). The first-order valence-electron chi connectivity index (χ1n) is 3.25. The fourth-order valence-corrected chi connectivity index (χ4v) is 0.825. The molecule has 0 aliphatic rings. The molecule has 0 bridgehead atoms. The Hall–Kier alpha value is 1.26. The second-order valence-electron chi connectivity index (χ2n) is 2.26. The average molecular weight is 621 g/mol. The van der Waals surface area contributed by atoms with E-state index in [1.807, 2.05) is 0 Å². The molecule has 2 radical (unpaired) electrons. The van der Waals surface area contributed by atoms with Gasteiger partial charge < -0.3 is 10.8 Å². The van der Waals surface area contributed by atoms with Crippen molar-refractivity contribution in [2.75, 3.05) is 0 Å². The van der Waals surface area contributed by atoms with Crippen LogP contribution in [0.5, 0.6) is 0 Å². The van der Waals surface area contributed by atoms with Gasteiger partial charge in [-0.15, -0.1) is 5.69 Å². The molecule has 0 saturated carbocycles. The van der Waals surface area contributed by atoms with Crippen LogP contribution in [0, 0.1) is 98.2 Å². The van der Waals surface area contributed by atoms with Crippen molar-refractivity contribution in [1.82, 2.24) is 0 Å². The molecule has 1 aromatic rings. The van der Waals surface area contributed by atoms with E-state index in [9.17, 15) is 10.1 Å². The molecule has 5 nitrogen and oxygen atoms in total. The molecule has 0 spiro atoms. The second kappa shape index (κ2) is 8.42. The summed E-state index contributed by atoms with van der Waals surface area (Å²) < 4.78 is 0. The number of nitro benzene ring substituents is 1. The number of non-ortho nitro benzene ring substituents is 1. The molecule has 7 heteroatoms. The van der Waals surface area contributed by atoms with Crippen LogP contribution in [0.4, 0.5) is 11.4 Å². The Morgan fingerprint density at radius 3 is 2.43 bits per heavy atom. The smallest absolute Gasteiger partial charge is 0.269 e. The van der Waals surface area contributed by atoms with Gasteiger partial charge in [-0.2, -0.15) is 0 Å². The molecule has 0 unspecified atom stereocenters. The summed E-state index contributed by atoms with van der Waals surface area (Å²) in [4.78, 5) is 9.69. The molecule has 14 heavy (non-hydrogen) atoms. The molecular formula is C7H7Ac2N2O3-. The zero-order valence-electron chi connectivity index (χ0n) is 7.30. The predicted molar refractivity (Wildman–Crippen MR) is 43.0 cm³/mol. The Kier molecular flexibility index (Phi) is 10.6. The maximum absolute atomic E-state index is 10.2. The number of rotatable bonds is 2. The van der Waals surface area contributed by atoms with Crippen LogP contribution in [0.1, 0.15) is 5.56 Å². The van der Waals surface area contributed by atoms with Gasteiger partial charge in [0, 0.05) is 100 Å². The van der Waals surface area contributed by atoms with Crippen molar-refractivity contribution in [2.45, 2.75) is 6.61 Å². The monoisotopic (exact) mass is 621 g/mol. The van der Waals surface area contributed by atoms with Gasteiger partial charge in [0.05, 0.1) is 11.5 Å². The minimum absolute atomic E-state index is 0. The van der Waals surface area contributed by atoms with Gasteiger partial charge in [-0.3, -0.25) is 10.1 Å². The third-order valence-electron chi connectivity index (χ3n) is 1.47. The molecule has 70 valence electrons. The predicted octanol–water partition coefficient (Wildman–Crippen LogP) is 1.77. The molecule has 1 aromatic carbocycles. The van der Waals surface area contributed by atoms with Gasteiger partial charge in [0.15, 0.2) is 0 Å². The Bertz CT molecular complexity index is 320. The molecule has 0 aliphatic heterocycles. The van der Waals surface area contributed by atoms with Gasteiger partial charge in [0.25, 0.3) is 5.69 Å². The largest absolute Gasteiger partial charge is 0.698 e. The van der Waals surface area contributed by atoms with Crippen molar-refractivity contribution in [2.24, 2.45) is 0 Å². The molecule has 0 aromatic heterocycles. The summed E-state index contributed by atoms with van der Waals surface area (Å²) >= 11 is 0. The van der Waals surface area contributed by atoms with Crippen LogP contribution in [-0.2, 0) is 6.61 Å². The van der Waals surface area contributed by atoms with Crippen molar-refractivity contribution in [1.29, 1.82) is 0 Å². The first-order chi connectivity index (χ1) is 5.65. The molecule has 0 amide bonds. The van der Waals surface area contributed by atoms with Crippen molar-refractivity contribution in [3.63, 3.8) is 0 Å². The average Bonchev–Trinajstić information content (AvgIpc) is 2.05. The van der Waals surface area contributed by atoms with Crippen LogP contribution in [0.25, 0.3) is 5.73 Å². The minimum Gasteiger partial charge on any atom is -0.698 e. The number of benzene rings is 1. The van der Waals surface area contributed by atoms with E-state index in [1.165, 1.54) is 18.2 Å². The molecule has 0 heterocycles. The normalized spacial score (nSPS) is 8.36. The summed E-state index contributed by atoms with van der Waals surface area (Å²) in [6, 6.07) is 3.73. The first-order valence-corrected chi connectivity index (χ1v) is 3.25. The van der Waals surface area contributed by atoms with Gasteiger partial charge in [-0.1, -0.05) is 6.07 Å². The van der Waals surface area contributed by atoms with Crippen LogP contribution in [0.15, 0.2) is 18.2 Å². The standard InChI is InChI=1S/C7H7N2O3.2Ac/c8-7-2-1-6(9(11)12)3-5(7)4-10;;/h1-3,8,10H,4H2;;/q-1;;. The van der Waals surface area contributed by atoms with E-state index in [4.69, 9.17) is 10.8 Å². The number of nitrogens with one attached hydrogen (secondary N) is 1. The number of nitrogens with zero attached hydrogens (tertiary/aromatic N) is 1. The van der Waals surface area contributed by atoms with E-state index in [2.05, 4.69) is 0 Å². The molecule has 0 aliphatic carbocycles. The SMILES string of the molecule is [Ac].[Ac].[NH-]c1ccc([N+](=O)[O-])cc1CO. The van der Waals surface area contributed by atoms with E-state index in [0.717, 1.165) is 0 Å². The fourth-order valence-electron chi connectivity index (χ4n) is 0.825. The van der Waals surface area contributed by atoms with Gasteiger partial charge in [-0.05, 0) is 5.56 Å². The Labute approximate surface area is 153 Å². The molecule has 0 fully saturated rings. The summed E-state index contributed by atoms with van der Waals surface area (Å²) in [6.07, 6.45) is 0. The zero-order valence-corrected chi connectivity index (χ0v) is 16.8. The van der Waals surface area contributed by atoms with Gasteiger partial charge >= 0.3 is 0 Å². The van der Waals surface area contributed by atoms with Crippen LogP contribution >= 0.6 is 0 Å². The zero-order chi connectivity index (χ0) is 9.14. The minimum atomic E-state index is -0.557. The maximum atomic E-state index is 10.2. The fraction of sp³-hybridized carbons (Fsp3) is 0.143.